The first-order valence-corrected chi connectivity index (χ1v) is 35.5. The second-order valence-electron chi connectivity index (χ2n) is 34.6. The van der Waals surface area contributed by atoms with Crippen LogP contribution in [0.2, 0.25) is 0 Å². The lowest BCUT2D eigenvalue weighted by Crippen LogP contribution is -2.45. The predicted molar refractivity (Wildman–Crippen MR) is 402 cm³/mol. The molecule has 0 amide bonds. The van der Waals surface area contributed by atoms with Crippen molar-refractivity contribution in [2.75, 3.05) is 29.4 Å². The molecule has 97 heavy (non-hydrogen) atoms. The molecule has 0 saturated carbocycles. The van der Waals surface area contributed by atoms with Crippen LogP contribution in [0.25, 0.3) is 55.2 Å². The van der Waals surface area contributed by atoms with Gasteiger partial charge in [-0.25, -0.2) is 0 Å². The normalized spacial score (nSPS) is 18.6. The quantitative estimate of drug-likeness (QED) is 0.0713. The summed E-state index contributed by atoms with van der Waals surface area (Å²) in [5.74, 6) is 2.31. The maximum Gasteiger partial charge on any atom is 0.137 e. The summed E-state index contributed by atoms with van der Waals surface area (Å²) < 4.78 is 13.4. The van der Waals surface area contributed by atoms with Gasteiger partial charge in [-0.3, -0.25) is 0 Å². The van der Waals surface area contributed by atoms with E-state index in [9.17, 15) is 21.0 Å². The van der Waals surface area contributed by atoms with Gasteiger partial charge in [0, 0.05) is 60.0 Å². The summed E-state index contributed by atoms with van der Waals surface area (Å²) in [6.45, 7) is 42.9. The zero-order chi connectivity index (χ0) is 69.3. The van der Waals surface area contributed by atoms with Crippen LogP contribution in [-0.4, -0.2) is 25.7 Å². The number of aryl methyl sites for hydroxylation is 2. The van der Waals surface area contributed by atoms with Crippen LogP contribution in [0.1, 0.15) is 218 Å². The van der Waals surface area contributed by atoms with Crippen LogP contribution in [0.4, 0.5) is 11.4 Å². The standard InChI is InChI=1S/C89H96N6O2/c1-83(2,3)64-37-60-38-65(84(4,5)6)47-74-75-48-67(40-61-39-66(85(7,8)9)46-73(80(61)75)72(45-64)79(60)74)89(16,17)49-68-23-22-57-34-54(33-56-19-18-30-95(68)81(56)57)20-24-69-41-58(62(50-90)51-91)42-71(96-69)26-27-88(14,15)78-44-59(63(52-92)53-93)43-70(97-78)25-21-55-35-76-82-77(36-55)87(12,13)29-32-94(82)31-28-86(76,10)11/h20-21,24-25,33-48,68H,18-19,22-23,26-32,49H2,1-17H3/b24-20+,25-21+. The van der Waals surface area contributed by atoms with Gasteiger partial charge in [0.2, 0.25) is 0 Å². The van der Waals surface area contributed by atoms with E-state index < -0.39 is 5.41 Å². The van der Waals surface area contributed by atoms with Gasteiger partial charge in [0.15, 0.2) is 0 Å². The van der Waals surface area contributed by atoms with Crippen molar-refractivity contribution in [2.45, 2.75) is 214 Å². The Morgan fingerprint density at radius 1 is 0.505 bits per heavy atom. The summed E-state index contributed by atoms with van der Waals surface area (Å²) >= 11 is 0. The Hall–Kier alpha value is -9.08. The fraction of sp³-hybridized carbons (Fsp3) is 0.416. The molecule has 1 atom stereocenters. The van der Waals surface area contributed by atoms with E-state index in [1.807, 2.05) is 18.2 Å². The van der Waals surface area contributed by atoms with Gasteiger partial charge in [0.1, 0.15) is 58.5 Å². The number of nitriles is 4. The second-order valence-corrected chi connectivity index (χ2v) is 34.6. The summed E-state index contributed by atoms with van der Waals surface area (Å²) in [5.41, 5.74) is 16.3. The highest BCUT2D eigenvalue weighted by molar-refractivity contribution is 6.33. The molecular formula is C89H96N6O2. The minimum atomic E-state index is -0.613. The molecule has 0 aromatic heterocycles. The second kappa shape index (κ2) is 23.9. The molecule has 0 fully saturated rings. The van der Waals surface area contributed by atoms with Crippen LogP contribution >= 0.6 is 0 Å². The third-order valence-electron chi connectivity index (χ3n) is 22.6. The van der Waals surface area contributed by atoms with Gasteiger partial charge in [0.25, 0.3) is 0 Å². The molecule has 8 nitrogen and oxygen atoms in total. The lowest BCUT2D eigenvalue weighted by molar-refractivity contribution is 0.191. The molecule has 0 aliphatic carbocycles. The van der Waals surface area contributed by atoms with Gasteiger partial charge in [0.05, 0.1) is 0 Å². The number of rotatable bonds is 11. The maximum absolute atomic E-state index is 10.2. The smallest absolute Gasteiger partial charge is 0.137 e. The average Bonchev–Trinajstić information content (AvgIpc) is 0.705. The molecule has 7 aromatic carbocycles. The fourth-order valence-electron chi connectivity index (χ4n) is 16.3. The van der Waals surface area contributed by atoms with Crippen molar-refractivity contribution in [3.05, 3.63) is 210 Å². The highest BCUT2D eigenvalue weighted by Gasteiger charge is 2.41. The molecule has 0 saturated heterocycles. The van der Waals surface area contributed by atoms with E-state index in [4.69, 9.17) is 9.47 Å². The lowest BCUT2D eigenvalue weighted by atomic mass is 9.69. The summed E-state index contributed by atoms with van der Waals surface area (Å²) in [7, 11) is 0. The minimum absolute atomic E-state index is 0.00436. The van der Waals surface area contributed by atoms with Crippen molar-refractivity contribution in [3.8, 4) is 24.3 Å². The Labute approximate surface area is 577 Å². The molecule has 6 aliphatic rings. The van der Waals surface area contributed by atoms with Gasteiger partial charge < -0.3 is 19.3 Å². The molecule has 13 rings (SSSR count). The Bertz CT molecular complexity index is 4830. The zero-order valence-corrected chi connectivity index (χ0v) is 60.6. The number of anilines is 2. The van der Waals surface area contributed by atoms with Crippen molar-refractivity contribution in [2.24, 2.45) is 5.41 Å². The molecule has 0 spiro atoms. The third kappa shape index (κ3) is 12.4. The van der Waals surface area contributed by atoms with Crippen molar-refractivity contribution in [1.29, 1.82) is 21.0 Å². The lowest BCUT2D eigenvalue weighted by Gasteiger charge is -2.48. The first-order chi connectivity index (χ1) is 45.7. The Morgan fingerprint density at radius 2 is 0.959 bits per heavy atom. The number of fused-ring (bicyclic) bond motifs is 2. The Morgan fingerprint density at radius 3 is 1.45 bits per heavy atom. The summed E-state index contributed by atoms with van der Waals surface area (Å²) in [6, 6.07) is 38.4. The molecule has 7 aromatic rings. The largest absolute Gasteiger partial charge is 0.462 e. The topological polar surface area (TPSA) is 120 Å². The van der Waals surface area contributed by atoms with Crippen molar-refractivity contribution >= 4 is 66.6 Å². The van der Waals surface area contributed by atoms with Crippen LogP contribution < -0.4 is 9.80 Å². The van der Waals surface area contributed by atoms with E-state index in [-0.39, 0.29) is 43.6 Å². The molecule has 8 heteroatoms. The van der Waals surface area contributed by atoms with Gasteiger partial charge in [-0.15, -0.1) is 0 Å². The number of benzene rings is 7. The van der Waals surface area contributed by atoms with E-state index >= 15 is 0 Å². The van der Waals surface area contributed by atoms with E-state index in [0.717, 1.165) is 75.7 Å². The van der Waals surface area contributed by atoms with Crippen molar-refractivity contribution < 1.29 is 9.47 Å². The fourth-order valence-corrected chi connectivity index (χ4v) is 16.3. The van der Waals surface area contributed by atoms with Crippen molar-refractivity contribution in [3.63, 3.8) is 0 Å². The molecule has 6 aliphatic heterocycles. The molecular weight excluding hydrogens is 1190 g/mol. The van der Waals surface area contributed by atoms with E-state index in [0.29, 0.717) is 53.1 Å². The van der Waals surface area contributed by atoms with Crippen molar-refractivity contribution in [1.82, 2.24) is 0 Å². The van der Waals surface area contributed by atoms with Crippen LogP contribution in [-0.2, 0) is 54.8 Å². The summed E-state index contributed by atoms with van der Waals surface area (Å²) in [6.07, 6.45) is 23.7. The third-order valence-corrected chi connectivity index (χ3v) is 22.6. The Kier molecular flexibility index (Phi) is 16.4. The minimum Gasteiger partial charge on any atom is -0.462 e. The summed E-state index contributed by atoms with van der Waals surface area (Å²) in [4.78, 5) is 5.33. The molecule has 494 valence electrons. The molecule has 1 unspecified atom stereocenters. The number of ether oxygens (including phenoxy) is 2. The van der Waals surface area contributed by atoms with Gasteiger partial charge >= 0.3 is 0 Å². The first-order valence-electron chi connectivity index (χ1n) is 35.5. The molecule has 0 N–H and O–H groups in total. The van der Waals surface area contributed by atoms with E-state index in [1.165, 1.54) is 99.0 Å². The number of allylic oxidation sites excluding steroid dienone is 12. The van der Waals surface area contributed by atoms with Crippen LogP contribution in [0, 0.1) is 50.7 Å². The van der Waals surface area contributed by atoms with E-state index in [2.05, 4.69) is 237 Å². The first kappa shape index (κ1) is 66.5. The number of hydrogen-bond donors (Lipinski definition) is 0. The van der Waals surface area contributed by atoms with Gasteiger partial charge in [-0.05, 0) is 268 Å². The molecule has 6 heterocycles. The number of nitrogens with zero attached hydrogens (tertiary/aromatic N) is 6. The van der Waals surface area contributed by atoms with Gasteiger partial charge in [-0.1, -0.05) is 154 Å². The molecule has 0 radical (unpaired) electrons. The van der Waals surface area contributed by atoms with Crippen LogP contribution in [0.3, 0.4) is 0 Å². The van der Waals surface area contributed by atoms with E-state index in [1.54, 1.807) is 18.2 Å². The van der Waals surface area contributed by atoms with Gasteiger partial charge in [-0.2, -0.15) is 21.0 Å². The maximum atomic E-state index is 10.2. The zero-order valence-electron chi connectivity index (χ0n) is 60.6. The monoisotopic (exact) mass is 1280 g/mol. The predicted octanol–water partition coefficient (Wildman–Crippen LogP) is 22.1. The summed E-state index contributed by atoms with van der Waals surface area (Å²) in [5, 5.41) is 51.5. The average molecular weight is 1280 g/mol. The SMILES string of the molecule is CC(C)(CCC1=CC(=C(C#N)C#N)C=C(/C=C/c2cc3c4c(c2)CCC(CC(C)(C)c2cc5cc(C(C)(C)C)cc6c7cc(C(C)(C)C)cc8cc(C(C)(C)C)cc(c(c2)c56)c87)N4CCC3)O1)C1=CC(=C(C#N)C#N)C=C(/C=C/c2cc3c4c(c2)C(C)(C)CCN4CCC3(C)C)O1. The van der Waals surface area contributed by atoms with Crippen LogP contribution in [0.5, 0.6) is 0 Å². The van der Waals surface area contributed by atoms with Crippen LogP contribution in [0.15, 0.2) is 155 Å². The highest BCUT2D eigenvalue weighted by Crippen LogP contribution is 2.52. The molecule has 0 bridgehead atoms. The highest BCUT2D eigenvalue weighted by atomic mass is 16.5. The Balaban J connectivity index is 0.752. The number of hydrogen-bond acceptors (Lipinski definition) is 8.